The van der Waals surface area contributed by atoms with Gasteiger partial charge in [-0.3, -0.25) is 4.68 Å². The highest BCUT2D eigenvalue weighted by Crippen LogP contribution is 2.21. The van der Waals surface area contributed by atoms with E-state index in [0.717, 1.165) is 16.8 Å². The number of aromatic nitrogens is 3. The van der Waals surface area contributed by atoms with Crippen molar-refractivity contribution in [3.8, 4) is 0 Å². The maximum Gasteiger partial charge on any atom is 0.295 e. The fourth-order valence-electron chi connectivity index (χ4n) is 2.01. The van der Waals surface area contributed by atoms with E-state index < -0.39 is 0 Å². The molecule has 0 radical (unpaired) electrons. The predicted molar refractivity (Wildman–Crippen MR) is 73.7 cm³/mol. The number of nitrogens with two attached hydrogens (primary N) is 1. The molecule has 3 N–H and O–H groups in total. The second-order valence-electron chi connectivity index (χ2n) is 4.51. The van der Waals surface area contributed by atoms with Crippen LogP contribution in [0.5, 0.6) is 0 Å². The molecule has 0 aliphatic rings. The Morgan fingerprint density at radius 3 is 3.00 bits per heavy atom. The molecule has 3 rings (SSSR count). The quantitative estimate of drug-likeness (QED) is 0.702. The number of benzene rings is 1. The van der Waals surface area contributed by atoms with E-state index in [0.29, 0.717) is 23.8 Å². The van der Waals surface area contributed by atoms with Gasteiger partial charge in [-0.1, -0.05) is 0 Å². The summed E-state index contributed by atoms with van der Waals surface area (Å²) in [6, 6.07) is 5.90. The van der Waals surface area contributed by atoms with E-state index in [-0.39, 0.29) is 0 Å². The van der Waals surface area contributed by atoms with Crippen molar-refractivity contribution in [3.05, 3.63) is 35.7 Å². The molecule has 0 aliphatic heterocycles. The minimum Gasteiger partial charge on any atom is -0.423 e. The van der Waals surface area contributed by atoms with Gasteiger partial charge in [0.1, 0.15) is 5.52 Å². The zero-order chi connectivity index (χ0) is 13.4. The summed E-state index contributed by atoms with van der Waals surface area (Å²) in [5, 5.41) is 7.44. The first-order chi connectivity index (χ1) is 9.11. The van der Waals surface area contributed by atoms with E-state index in [4.69, 9.17) is 10.2 Å². The molecule has 0 fully saturated rings. The molecule has 2 aromatic heterocycles. The Hall–Kier alpha value is -2.50. The van der Waals surface area contributed by atoms with Gasteiger partial charge >= 0.3 is 0 Å². The van der Waals surface area contributed by atoms with E-state index >= 15 is 0 Å². The Morgan fingerprint density at radius 1 is 1.42 bits per heavy atom. The van der Waals surface area contributed by atoms with Crippen LogP contribution in [0.4, 0.5) is 11.7 Å². The van der Waals surface area contributed by atoms with Crippen LogP contribution in [0.15, 0.2) is 28.8 Å². The van der Waals surface area contributed by atoms with Crippen LogP contribution in [0, 0.1) is 6.92 Å². The summed E-state index contributed by atoms with van der Waals surface area (Å²) in [6.45, 7) is 2.60. The van der Waals surface area contributed by atoms with Gasteiger partial charge in [-0.25, -0.2) is 0 Å². The molecule has 1 aromatic carbocycles. The minimum atomic E-state index is 0.490. The van der Waals surface area contributed by atoms with E-state index in [1.54, 1.807) is 16.8 Å². The van der Waals surface area contributed by atoms with Crippen molar-refractivity contribution in [3.63, 3.8) is 0 Å². The summed E-state index contributed by atoms with van der Waals surface area (Å²) < 4.78 is 7.38. The number of hydrogen-bond donors (Lipinski definition) is 2. The molecule has 3 aromatic rings. The topological polar surface area (TPSA) is 81.9 Å². The van der Waals surface area contributed by atoms with Crippen LogP contribution in [0.3, 0.4) is 0 Å². The summed E-state index contributed by atoms with van der Waals surface area (Å²) in [5.74, 6) is 0. The number of nitrogens with one attached hydrogen (secondary N) is 1. The average Bonchev–Trinajstić information content (AvgIpc) is 2.89. The van der Waals surface area contributed by atoms with Crippen molar-refractivity contribution >= 4 is 22.8 Å². The van der Waals surface area contributed by atoms with Crippen LogP contribution in [0.25, 0.3) is 11.1 Å². The third-order valence-corrected chi connectivity index (χ3v) is 2.96. The molecule has 0 spiro atoms. The zero-order valence-corrected chi connectivity index (χ0v) is 10.8. The number of rotatable bonds is 3. The van der Waals surface area contributed by atoms with Crippen LogP contribution >= 0.6 is 0 Å². The van der Waals surface area contributed by atoms with Crippen molar-refractivity contribution < 1.29 is 4.42 Å². The van der Waals surface area contributed by atoms with E-state index in [9.17, 15) is 0 Å². The van der Waals surface area contributed by atoms with Gasteiger partial charge in [-0.15, -0.1) is 0 Å². The van der Waals surface area contributed by atoms with E-state index in [2.05, 4.69) is 15.4 Å². The zero-order valence-electron chi connectivity index (χ0n) is 10.8. The first-order valence-corrected chi connectivity index (χ1v) is 6.01. The molecule has 0 unspecified atom stereocenters. The van der Waals surface area contributed by atoms with Gasteiger partial charge in [-0.05, 0) is 19.1 Å². The SMILES string of the molecule is Cc1nn(C)cc1CNc1nc2ccc(N)cc2o1. The standard InChI is InChI=1S/C13H15N5O/c1-8-9(7-18(2)17-8)6-15-13-16-11-4-3-10(14)5-12(11)19-13/h3-5,7H,6,14H2,1-2H3,(H,15,16). The Kier molecular flexibility index (Phi) is 2.63. The maximum atomic E-state index is 5.70. The number of anilines is 2. The molecule has 0 aliphatic carbocycles. The van der Waals surface area contributed by atoms with Crippen LogP contribution in [0.2, 0.25) is 0 Å². The third-order valence-electron chi connectivity index (χ3n) is 2.96. The van der Waals surface area contributed by atoms with Gasteiger partial charge < -0.3 is 15.5 Å². The Morgan fingerprint density at radius 2 is 2.26 bits per heavy atom. The minimum absolute atomic E-state index is 0.490. The van der Waals surface area contributed by atoms with Crippen molar-refractivity contribution in [2.75, 3.05) is 11.1 Å². The second-order valence-corrected chi connectivity index (χ2v) is 4.51. The molecule has 0 saturated heterocycles. The highest BCUT2D eigenvalue weighted by atomic mass is 16.4. The lowest BCUT2D eigenvalue weighted by atomic mass is 10.3. The van der Waals surface area contributed by atoms with Gasteiger partial charge in [0, 0.05) is 37.1 Å². The molecule has 0 saturated carbocycles. The third kappa shape index (κ3) is 2.24. The number of oxazole rings is 1. The lowest BCUT2D eigenvalue weighted by Crippen LogP contribution is -1.99. The molecular weight excluding hydrogens is 242 g/mol. The molecule has 2 heterocycles. The Bertz CT molecular complexity index is 728. The highest BCUT2D eigenvalue weighted by molar-refractivity contribution is 5.78. The van der Waals surface area contributed by atoms with Crippen LogP contribution in [-0.4, -0.2) is 14.8 Å². The number of fused-ring (bicyclic) bond motifs is 1. The molecule has 19 heavy (non-hydrogen) atoms. The fraction of sp³-hybridized carbons (Fsp3) is 0.231. The average molecular weight is 257 g/mol. The predicted octanol–water partition coefficient (Wildman–Crippen LogP) is 2.06. The molecule has 0 amide bonds. The smallest absolute Gasteiger partial charge is 0.295 e. The number of nitrogens with zero attached hydrogens (tertiary/aromatic N) is 3. The van der Waals surface area contributed by atoms with Crippen molar-refractivity contribution in [2.45, 2.75) is 13.5 Å². The largest absolute Gasteiger partial charge is 0.423 e. The van der Waals surface area contributed by atoms with Gasteiger partial charge in [0.25, 0.3) is 6.01 Å². The molecule has 0 bridgehead atoms. The number of nitrogen functional groups attached to an aromatic ring is 1. The summed E-state index contributed by atoms with van der Waals surface area (Å²) >= 11 is 0. The van der Waals surface area contributed by atoms with Crippen molar-refractivity contribution in [1.29, 1.82) is 0 Å². The van der Waals surface area contributed by atoms with Crippen LogP contribution in [0.1, 0.15) is 11.3 Å². The van der Waals surface area contributed by atoms with Gasteiger partial charge in [0.2, 0.25) is 0 Å². The van der Waals surface area contributed by atoms with E-state index in [1.807, 2.05) is 26.2 Å². The first kappa shape index (κ1) is 11.6. The van der Waals surface area contributed by atoms with Gasteiger partial charge in [-0.2, -0.15) is 10.1 Å². The molecule has 6 nitrogen and oxygen atoms in total. The normalized spacial score (nSPS) is 11.1. The molecular formula is C13H15N5O. The Balaban J connectivity index is 1.80. The van der Waals surface area contributed by atoms with Gasteiger partial charge in [0.15, 0.2) is 5.58 Å². The number of hydrogen-bond acceptors (Lipinski definition) is 5. The Labute approximate surface area is 110 Å². The van der Waals surface area contributed by atoms with Crippen molar-refractivity contribution in [1.82, 2.24) is 14.8 Å². The fourth-order valence-corrected chi connectivity index (χ4v) is 2.01. The summed E-state index contributed by atoms with van der Waals surface area (Å²) in [6.07, 6.45) is 1.98. The maximum absolute atomic E-state index is 5.70. The van der Waals surface area contributed by atoms with Crippen LogP contribution < -0.4 is 11.1 Å². The highest BCUT2D eigenvalue weighted by Gasteiger charge is 2.07. The second kappa shape index (κ2) is 4.31. The van der Waals surface area contributed by atoms with Crippen LogP contribution in [-0.2, 0) is 13.6 Å². The molecule has 0 atom stereocenters. The lowest BCUT2D eigenvalue weighted by molar-refractivity contribution is 0.614. The van der Waals surface area contributed by atoms with Gasteiger partial charge in [0.05, 0.1) is 5.69 Å². The monoisotopic (exact) mass is 257 g/mol. The summed E-state index contributed by atoms with van der Waals surface area (Å²) in [5.41, 5.74) is 9.95. The lowest BCUT2D eigenvalue weighted by Gasteiger charge is -1.99. The number of aryl methyl sites for hydroxylation is 2. The van der Waals surface area contributed by atoms with Crippen molar-refractivity contribution in [2.24, 2.45) is 7.05 Å². The molecule has 6 heteroatoms. The molecule has 98 valence electrons. The van der Waals surface area contributed by atoms with E-state index in [1.165, 1.54) is 0 Å². The summed E-state index contributed by atoms with van der Waals surface area (Å²) in [7, 11) is 1.90. The first-order valence-electron chi connectivity index (χ1n) is 6.01. The summed E-state index contributed by atoms with van der Waals surface area (Å²) in [4.78, 5) is 4.34.